The molecule has 1 aliphatic carbocycles. The van der Waals surface area contributed by atoms with Crippen molar-refractivity contribution in [3.63, 3.8) is 0 Å². The van der Waals surface area contributed by atoms with Crippen molar-refractivity contribution in [3.05, 3.63) is 0 Å². The first-order valence-corrected chi connectivity index (χ1v) is 6.55. The van der Waals surface area contributed by atoms with E-state index in [1.165, 1.54) is 0 Å². The average Bonchev–Trinajstić information content (AvgIpc) is 3.09. The zero-order valence-corrected chi connectivity index (χ0v) is 10.7. The van der Waals surface area contributed by atoms with Crippen molar-refractivity contribution in [1.82, 2.24) is 5.32 Å². The highest BCUT2D eigenvalue weighted by Gasteiger charge is 2.43. The van der Waals surface area contributed by atoms with E-state index in [1.54, 1.807) is 0 Å². The Balaban J connectivity index is 1.71. The largest absolute Gasteiger partial charge is 0.409 e. The molecular weight excluding hydrogens is 234 g/mol. The van der Waals surface area contributed by atoms with Gasteiger partial charge in [0.05, 0.1) is 5.60 Å². The Kier molecular flexibility index (Phi) is 4.09. The lowest BCUT2D eigenvalue weighted by Gasteiger charge is -2.32. The molecule has 0 bridgehead atoms. The Morgan fingerprint density at radius 2 is 1.89 bits per heavy atom. The van der Waals surface area contributed by atoms with Gasteiger partial charge in [0.25, 0.3) is 0 Å². The maximum Gasteiger partial charge on any atom is 0.139 e. The number of ether oxygens (including phenoxy) is 1. The van der Waals surface area contributed by atoms with Crippen LogP contribution in [0, 0.1) is 5.41 Å². The minimum absolute atomic E-state index is 0.137. The molecule has 18 heavy (non-hydrogen) atoms. The van der Waals surface area contributed by atoms with Crippen molar-refractivity contribution in [2.24, 2.45) is 16.3 Å². The van der Waals surface area contributed by atoms with E-state index < -0.39 is 5.60 Å². The zero-order valence-electron chi connectivity index (χ0n) is 10.7. The monoisotopic (exact) mass is 257 g/mol. The maximum absolute atomic E-state index is 10.3. The normalized spacial score (nSPS) is 25.9. The summed E-state index contributed by atoms with van der Waals surface area (Å²) in [6.45, 7) is 2.67. The summed E-state index contributed by atoms with van der Waals surface area (Å²) in [5.74, 6) is 0.291. The van der Waals surface area contributed by atoms with Gasteiger partial charge in [-0.15, -0.1) is 0 Å². The second-order valence-electron chi connectivity index (χ2n) is 5.71. The molecule has 6 nitrogen and oxygen atoms in total. The molecule has 1 heterocycles. The van der Waals surface area contributed by atoms with E-state index in [1.807, 2.05) is 0 Å². The van der Waals surface area contributed by atoms with Crippen LogP contribution in [0.4, 0.5) is 0 Å². The van der Waals surface area contributed by atoms with Crippen LogP contribution in [-0.2, 0) is 4.74 Å². The predicted molar refractivity (Wildman–Crippen MR) is 67.6 cm³/mol. The molecule has 0 unspecified atom stereocenters. The molecular formula is C12H23N3O3. The molecule has 0 radical (unpaired) electrons. The van der Waals surface area contributed by atoms with Crippen molar-refractivity contribution < 1.29 is 15.1 Å². The first-order valence-electron chi connectivity index (χ1n) is 6.55. The van der Waals surface area contributed by atoms with Gasteiger partial charge in [-0.2, -0.15) is 0 Å². The molecule has 0 atom stereocenters. The first-order chi connectivity index (χ1) is 8.58. The number of oxime groups is 1. The quantitative estimate of drug-likeness (QED) is 0.233. The van der Waals surface area contributed by atoms with Gasteiger partial charge in [-0.25, -0.2) is 0 Å². The molecule has 2 rings (SSSR count). The fraction of sp³-hybridized carbons (Fsp3) is 0.917. The molecule has 2 aliphatic rings. The molecule has 1 saturated carbocycles. The molecule has 5 N–H and O–H groups in total. The van der Waals surface area contributed by atoms with E-state index in [9.17, 15) is 5.11 Å². The minimum atomic E-state index is -0.634. The summed E-state index contributed by atoms with van der Waals surface area (Å²) in [4.78, 5) is 0. The number of aliphatic hydroxyl groups is 1. The van der Waals surface area contributed by atoms with Gasteiger partial charge >= 0.3 is 0 Å². The second-order valence-corrected chi connectivity index (χ2v) is 5.71. The Bertz CT molecular complexity index is 310. The zero-order chi connectivity index (χ0) is 13.1. The molecule has 0 spiro atoms. The second kappa shape index (κ2) is 5.42. The average molecular weight is 257 g/mol. The molecule has 0 aromatic rings. The maximum atomic E-state index is 10.3. The topological polar surface area (TPSA) is 100 Å². The molecule has 104 valence electrons. The SMILES string of the molecule is NC(CC1(CNCC2(O)CCOCC2)CC1)=NO. The Morgan fingerprint density at radius 3 is 2.44 bits per heavy atom. The number of rotatable bonds is 6. The van der Waals surface area contributed by atoms with E-state index in [0.29, 0.717) is 44.9 Å². The highest BCUT2D eigenvalue weighted by atomic mass is 16.5. The van der Waals surface area contributed by atoms with Crippen LogP contribution < -0.4 is 11.1 Å². The fourth-order valence-corrected chi connectivity index (χ4v) is 2.50. The molecule has 6 heteroatoms. The fourth-order valence-electron chi connectivity index (χ4n) is 2.50. The van der Waals surface area contributed by atoms with Gasteiger partial charge in [0, 0.05) is 45.6 Å². The Hall–Kier alpha value is -0.850. The van der Waals surface area contributed by atoms with Crippen molar-refractivity contribution in [3.8, 4) is 0 Å². The van der Waals surface area contributed by atoms with Crippen molar-refractivity contribution in [2.45, 2.75) is 37.7 Å². The summed E-state index contributed by atoms with van der Waals surface area (Å²) < 4.78 is 5.24. The van der Waals surface area contributed by atoms with Crippen LogP contribution in [0.1, 0.15) is 32.1 Å². The van der Waals surface area contributed by atoms with Gasteiger partial charge in [-0.1, -0.05) is 5.16 Å². The third-order valence-electron chi connectivity index (χ3n) is 4.02. The number of hydrogen-bond acceptors (Lipinski definition) is 5. The van der Waals surface area contributed by atoms with E-state index in [-0.39, 0.29) is 5.41 Å². The van der Waals surface area contributed by atoms with Gasteiger partial charge in [0.2, 0.25) is 0 Å². The lowest BCUT2D eigenvalue weighted by Crippen LogP contribution is -2.46. The molecule has 1 aliphatic heterocycles. The predicted octanol–water partition coefficient (Wildman–Crippen LogP) is 0.0342. The van der Waals surface area contributed by atoms with Crippen LogP contribution in [0.2, 0.25) is 0 Å². The number of hydrogen-bond donors (Lipinski definition) is 4. The summed E-state index contributed by atoms with van der Waals surface area (Å²) in [6.07, 6.45) is 4.19. The van der Waals surface area contributed by atoms with Crippen molar-refractivity contribution in [2.75, 3.05) is 26.3 Å². The third kappa shape index (κ3) is 3.57. The van der Waals surface area contributed by atoms with Crippen LogP contribution in [-0.4, -0.2) is 48.1 Å². The standard InChI is InChI=1S/C12H23N3O3/c13-10(15-17)7-11(1-2-11)8-14-9-12(16)3-5-18-6-4-12/h14,16-17H,1-9H2,(H2,13,15). The lowest BCUT2D eigenvalue weighted by atomic mass is 9.93. The molecule has 1 saturated heterocycles. The molecule has 0 aromatic heterocycles. The van der Waals surface area contributed by atoms with E-state index in [2.05, 4.69) is 10.5 Å². The van der Waals surface area contributed by atoms with Crippen molar-refractivity contribution >= 4 is 5.84 Å². The summed E-state index contributed by atoms with van der Waals surface area (Å²) in [7, 11) is 0. The Labute approximate surface area is 107 Å². The number of nitrogens with two attached hydrogens (primary N) is 1. The summed E-state index contributed by atoms with van der Waals surface area (Å²) >= 11 is 0. The summed E-state index contributed by atoms with van der Waals surface area (Å²) in [6, 6.07) is 0. The highest BCUT2D eigenvalue weighted by molar-refractivity contribution is 5.80. The summed E-state index contributed by atoms with van der Waals surface area (Å²) in [5, 5.41) is 25.2. The number of nitrogens with zero attached hydrogens (tertiary/aromatic N) is 1. The first kappa shape index (κ1) is 13.6. The van der Waals surface area contributed by atoms with Crippen LogP contribution in [0.25, 0.3) is 0 Å². The highest BCUT2D eigenvalue weighted by Crippen LogP contribution is 2.48. The van der Waals surface area contributed by atoms with Gasteiger partial charge in [-0.3, -0.25) is 0 Å². The van der Waals surface area contributed by atoms with Gasteiger partial charge in [0.1, 0.15) is 5.84 Å². The third-order valence-corrected chi connectivity index (χ3v) is 4.02. The van der Waals surface area contributed by atoms with E-state index in [4.69, 9.17) is 15.7 Å². The van der Waals surface area contributed by atoms with E-state index >= 15 is 0 Å². The van der Waals surface area contributed by atoms with Crippen LogP contribution in [0.5, 0.6) is 0 Å². The smallest absolute Gasteiger partial charge is 0.139 e. The van der Waals surface area contributed by atoms with Gasteiger partial charge < -0.3 is 26.1 Å². The van der Waals surface area contributed by atoms with Crippen LogP contribution >= 0.6 is 0 Å². The Morgan fingerprint density at radius 1 is 1.22 bits per heavy atom. The van der Waals surface area contributed by atoms with Crippen molar-refractivity contribution in [1.29, 1.82) is 0 Å². The number of amidine groups is 1. The summed E-state index contributed by atoms with van der Waals surface area (Å²) in [5.41, 5.74) is 5.05. The lowest BCUT2D eigenvalue weighted by molar-refractivity contribution is -0.0619. The number of nitrogens with one attached hydrogen (secondary N) is 1. The van der Waals surface area contributed by atoms with Crippen LogP contribution in [0.3, 0.4) is 0 Å². The van der Waals surface area contributed by atoms with Gasteiger partial charge in [-0.05, 0) is 18.3 Å². The minimum Gasteiger partial charge on any atom is -0.409 e. The van der Waals surface area contributed by atoms with Gasteiger partial charge in [0.15, 0.2) is 0 Å². The molecule has 0 amide bonds. The van der Waals surface area contributed by atoms with E-state index in [0.717, 1.165) is 19.4 Å². The molecule has 0 aromatic carbocycles. The molecule has 2 fully saturated rings. The van der Waals surface area contributed by atoms with Crippen LogP contribution in [0.15, 0.2) is 5.16 Å².